The van der Waals surface area contributed by atoms with E-state index in [1.807, 2.05) is 6.92 Å². The summed E-state index contributed by atoms with van der Waals surface area (Å²) in [5.74, 6) is 0.190. The van der Waals surface area contributed by atoms with Gasteiger partial charge in [0.15, 0.2) is 0 Å². The smallest absolute Gasteiger partial charge is 0.225 e. The van der Waals surface area contributed by atoms with E-state index in [4.69, 9.17) is 0 Å². The summed E-state index contributed by atoms with van der Waals surface area (Å²) in [4.78, 5) is 12.0. The van der Waals surface area contributed by atoms with Gasteiger partial charge in [-0.2, -0.15) is 0 Å². The van der Waals surface area contributed by atoms with Crippen molar-refractivity contribution in [2.24, 2.45) is 5.92 Å². The van der Waals surface area contributed by atoms with Crippen LogP contribution in [0.4, 0.5) is 0 Å². The molecule has 0 bridgehead atoms. The van der Waals surface area contributed by atoms with Crippen LogP contribution in [0, 0.1) is 5.92 Å². The summed E-state index contributed by atoms with van der Waals surface area (Å²) < 4.78 is 0. The van der Waals surface area contributed by atoms with Crippen LogP contribution < -0.4 is 10.6 Å². The van der Waals surface area contributed by atoms with Gasteiger partial charge < -0.3 is 15.7 Å². The highest BCUT2D eigenvalue weighted by Gasteiger charge is 2.40. The van der Waals surface area contributed by atoms with E-state index in [1.54, 1.807) is 0 Å². The summed E-state index contributed by atoms with van der Waals surface area (Å²) in [6.45, 7) is 3.04. The molecule has 1 saturated carbocycles. The van der Waals surface area contributed by atoms with Gasteiger partial charge in [0.05, 0.1) is 18.1 Å². The Morgan fingerprint density at radius 3 is 2.73 bits per heavy atom. The Hall–Kier alpha value is -0.610. The maximum atomic E-state index is 12.0. The van der Waals surface area contributed by atoms with Crippen LogP contribution in [0.25, 0.3) is 0 Å². The molecular weight excluding hydrogens is 192 g/mol. The van der Waals surface area contributed by atoms with Gasteiger partial charge in [-0.05, 0) is 39.2 Å². The van der Waals surface area contributed by atoms with Crippen LogP contribution in [0.5, 0.6) is 0 Å². The van der Waals surface area contributed by atoms with Crippen LogP contribution in [0.1, 0.15) is 32.6 Å². The molecule has 0 aromatic rings. The van der Waals surface area contributed by atoms with Gasteiger partial charge in [-0.15, -0.1) is 0 Å². The van der Waals surface area contributed by atoms with Crippen LogP contribution in [0.3, 0.4) is 0 Å². The molecule has 0 spiro atoms. The Morgan fingerprint density at radius 2 is 2.33 bits per heavy atom. The number of aliphatic hydroxyl groups excluding tert-OH is 1. The molecule has 1 saturated heterocycles. The number of hydrogen-bond donors (Lipinski definition) is 3. The van der Waals surface area contributed by atoms with Crippen molar-refractivity contribution in [3.05, 3.63) is 0 Å². The minimum atomic E-state index is -0.292. The topological polar surface area (TPSA) is 61.4 Å². The number of carbonyl (C=O) groups excluding carboxylic acids is 1. The van der Waals surface area contributed by atoms with E-state index in [-0.39, 0.29) is 30.0 Å². The van der Waals surface area contributed by atoms with Gasteiger partial charge in [-0.3, -0.25) is 4.79 Å². The average Bonchev–Trinajstić information content (AvgIpc) is 2.58. The molecule has 2 atom stereocenters. The molecule has 0 aromatic heterocycles. The molecule has 0 aromatic carbocycles. The molecule has 1 aliphatic heterocycles. The molecule has 4 heteroatoms. The maximum absolute atomic E-state index is 12.0. The van der Waals surface area contributed by atoms with Gasteiger partial charge in [0, 0.05) is 6.04 Å². The molecule has 2 unspecified atom stereocenters. The molecule has 0 radical (unpaired) electrons. The third-order valence-corrected chi connectivity index (χ3v) is 3.86. The lowest BCUT2D eigenvalue weighted by Gasteiger charge is -2.41. The predicted octanol–water partition coefficient (Wildman–Crippen LogP) is 0.0156. The second-order valence-electron chi connectivity index (χ2n) is 4.92. The predicted molar refractivity (Wildman–Crippen MR) is 57.4 cm³/mol. The second-order valence-corrected chi connectivity index (χ2v) is 4.92. The third kappa shape index (κ3) is 2.01. The molecule has 2 aliphatic rings. The maximum Gasteiger partial charge on any atom is 0.225 e. The summed E-state index contributed by atoms with van der Waals surface area (Å²) in [6.07, 6.45) is 3.86. The zero-order valence-electron chi connectivity index (χ0n) is 9.25. The van der Waals surface area contributed by atoms with Crippen molar-refractivity contribution >= 4 is 5.91 Å². The minimum absolute atomic E-state index is 0.0767. The first-order valence-electron chi connectivity index (χ1n) is 5.83. The van der Waals surface area contributed by atoms with Crippen LogP contribution >= 0.6 is 0 Å². The van der Waals surface area contributed by atoms with E-state index in [0.29, 0.717) is 0 Å². The normalized spacial score (nSPS) is 33.5. The first-order valence-corrected chi connectivity index (χ1v) is 5.83. The highest BCUT2D eigenvalue weighted by atomic mass is 16.3. The van der Waals surface area contributed by atoms with E-state index in [1.165, 1.54) is 0 Å². The van der Waals surface area contributed by atoms with Crippen molar-refractivity contribution in [3.8, 4) is 0 Å². The molecule has 86 valence electrons. The molecule has 1 aliphatic carbocycles. The van der Waals surface area contributed by atoms with E-state index >= 15 is 0 Å². The fourth-order valence-electron chi connectivity index (χ4n) is 2.50. The van der Waals surface area contributed by atoms with Gasteiger partial charge in [0.2, 0.25) is 5.91 Å². The van der Waals surface area contributed by atoms with E-state index in [0.717, 1.165) is 32.2 Å². The standard InChI is InChI=1S/C11H20N2O2/c1-8-9(3-6-12-8)10(15)13-11(7-14)4-2-5-11/h8-9,12,14H,2-7H2,1H3,(H,13,15). The summed E-state index contributed by atoms with van der Waals surface area (Å²) in [6, 6.07) is 0.265. The van der Waals surface area contributed by atoms with Gasteiger partial charge >= 0.3 is 0 Å². The molecular formula is C11H20N2O2. The minimum Gasteiger partial charge on any atom is -0.394 e. The molecule has 4 nitrogen and oxygen atoms in total. The third-order valence-electron chi connectivity index (χ3n) is 3.86. The first-order chi connectivity index (χ1) is 7.17. The Bertz CT molecular complexity index is 245. The van der Waals surface area contributed by atoms with Crippen molar-refractivity contribution in [2.45, 2.75) is 44.2 Å². The number of aliphatic hydroxyl groups is 1. The van der Waals surface area contributed by atoms with E-state index in [9.17, 15) is 9.90 Å². The fourth-order valence-corrected chi connectivity index (χ4v) is 2.50. The fraction of sp³-hybridized carbons (Fsp3) is 0.909. The number of carbonyl (C=O) groups is 1. The molecule has 3 N–H and O–H groups in total. The SMILES string of the molecule is CC1NCCC1C(=O)NC1(CO)CCC1. The Balaban J connectivity index is 1.91. The van der Waals surface area contributed by atoms with Crippen molar-refractivity contribution in [1.29, 1.82) is 0 Å². The summed E-state index contributed by atoms with van der Waals surface area (Å²) in [5.41, 5.74) is -0.292. The Kier molecular flexibility index (Phi) is 2.98. The van der Waals surface area contributed by atoms with Crippen LogP contribution in [0.2, 0.25) is 0 Å². The number of hydrogen-bond acceptors (Lipinski definition) is 3. The highest BCUT2D eigenvalue weighted by molar-refractivity contribution is 5.80. The molecule has 15 heavy (non-hydrogen) atoms. The lowest BCUT2D eigenvalue weighted by atomic mass is 9.77. The van der Waals surface area contributed by atoms with Gasteiger partial charge in [0.1, 0.15) is 0 Å². The molecule has 2 fully saturated rings. The van der Waals surface area contributed by atoms with Crippen LogP contribution in [-0.4, -0.2) is 35.7 Å². The monoisotopic (exact) mass is 212 g/mol. The zero-order valence-corrected chi connectivity index (χ0v) is 9.25. The largest absolute Gasteiger partial charge is 0.394 e. The van der Waals surface area contributed by atoms with Gasteiger partial charge in [-0.1, -0.05) is 0 Å². The Morgan fingerprint density at radius 1 is 1.60 bits per heavy atom. The Labute approximate surface area is 90.4 Å². The molecule has 2 rings (SSSR count). The first kappa shape index (κ1) is 10.9. The zero-order chi connectivity index (χ0) is 10.9. The van der Waals surface area contributed by atoms with Gasteiger partial charge in [-0.25, -0.2) is 0 Å². The lowest BCUT2D eigenvalue weighted by Crippen LogP contribution is -2.58. The quantitative estimate of drug-likeness (QED) is 0.618. The van der Waals surface area contributed by atoms with Crippen molar-refractivity contribution in [3.63, 3.8) is 0 Å². The average molecular weight is 212 g/mol. The summed E-state index contributed by atoms with van der Waals surface area (Å²) in [7, 11) is 0. The summed E-state index contributed by atoms with van der Waals surface area (Å²) >= 11 is 0. The molecule has 1 heterocycles. The highest BCUT2D eigenvalue weighted by Crippen LogP contribution is 2.32. The number of rotatable bonds is 3. The van der Waals surface area contributed by atoms with Crippen LogP contribution in [-0.2, 0) is 4.79 Å². The van der Waals surface area contributed by atoms with Crippen molar-refractivity contribution in [1.82, 2.24) is 10.6 Å². The van der Waals surface area contributed by atoms with Gasteiger partial charge in [0.25, 0.3) is 0 Å². The van der Waals surface area contributed by atoms with Crippen molar-refractivity contribution < 1.29 is 9.90 Å². The number of nitrogens with one attached hydrogen (secondary N) is 2. The van der Waals surface area contributed by atoms with E-state index < -0.39 is 0 Å². The lowest BCUT2D eigenvalue weighted by molar-refractivity contribution is -0.129. The van der Waals surface area contributed by atoms with Crippen LogP contribution in [0.15, 0.2) is 0 Å². The molecule has 1 amide bonds. The number of amides is 1. The van der Waals surface area contributed by atoms with E-state index in [2.05, 4.69) is 10.6 Å². The van der Waals surface area contributed by atoms with Crippen molar-refractivity contribution in [2.75, 3.05) is 13.2 Å². The summed E-state index contributed by atoms with van der Waals surface area (Å²) in [5, 5.41) is 15.6. The second kappa shape index (κ2) is 4.10.